The summed E-state index contributed by atoms with van der Waals surface area (Å²) in [6, 6.07) is 3.76. The molecule has 1 amide bonds. The van der Waals surface area contributed by atoms with Crippen molar-refractivity contribution in [1.29, 1.82) is 0 Å². The van der Waals surface area contributed by atoms with E-state index in [2.05, 4.69) is 0 Å². The van der Waals surface area contributed by atoms with Gasteiger partial charge in [-0.25, -0.2) is 4.79 Å². The minimum atomic E-state index is -1.08. The van der Waals surface area contributed by atoms with Crippen LogP contribution < -0.4 is 4.90 Å². The highest BCUT2D eigenvalue weighted by molar-refractivity contribution is 5.90. The van der Waals surface area contributed by atoms with Gasteiger partial charge in [0, 0.05) is 0 Å². The molecule has 0 bridgehead atoms. The van der Waals surface area contributed by atoms with Crippen LogP contribution in [0.15, 0.2) is 18.2 Å². The van der Waals surface area contributed by atoms with Crippen LogP contribution in [0.1, 0.15) is 25.8 Å². The fourth-order valence-electron chi connectivity index (χ4n) is 1.97. The van der Waals surface area contributed by atoms with Gasteiger partial charge in [0.15, 0.2) is 0 Å². The third kappa shape index (κ3) is 3.24. The molecule has 5 heteroatoms. The number of phenols is 1. The minimum absolute atomic E-state index is 0.104. The Morgan fingerprint density at radius 1 is 1.47 bits per heavy atom. The molecule has 2 N–H and O–H groups in total. The molecule has 2 atom stereocenters. The predicted molar refractivity (Wildman–Crippen MR) is 72.3 cm³/mol. The van der Waals surface area contributed by atoms with E-state index in [1.165, 1.54) is 6.07 Å². The number of rotatable bonds is 6. The van der Waals surface area contributed by atoms with Crippen LogP contribution in [-0.2, 0) is 9.59 Å². The van der Waals surface area contributed by atoms with E-state index in [1.807, 2.05) is 13.8 Å². The number of anilines is 1. The van der Waals surface area contributed by atoms with Crippen LogP contribution in [-0.4, -0.2) is 28.6 Å². The zero-order chi connectivity index (χ0) is 14.6. The van der Waals surface area contributed by atoms with Crippen LogP contribution in [0.3, 0.4) is 0 Å². The number of hydrogen-bond acceptors (Lipinski definition) is 3. The number of benzene rings is 1. The largest absolute Gasteiger partial charge is 0.506 e. The van der Waals surface area contributed by atoms with E-state index in [9.17, 15) is 19.8 Å². The summed E-state index contributed by atoms with van der Waals surface area (Å²) >= 11 is 0. The number of aliphatic carboxylic acids is 1. The molecule has 0 spiro atoms. The number of phenolic OH excluding ortho intramolecular Hbond substituents is 1. The number of amides is 1. The lowest BCUT2D eigenvalue weighted by atomic mass is 9.97. The Morgan fingerprint density at radius 2 is 2.11 bits per heavy atom. The molecule has 0 radical (unpaired) electrons. The van der Waals surface area contributed by atoms with Gasteiger partial charge < -0.3 is 10.2 Å². The lowest BCUT2D eigenvalue weighted by Gasteiger charge is -2.29. The van der Waals surface area contributed by atoms with Gasteiger partial charge in [0.05, 0.1) is 5.69 Å². The summed E-state index contributed by atoms with van der Waals surface area (Å²) in [5, 5.41) is 19.1. The standard InChI is InChI=1S/C14H19NO4/c1-4-10(3)13(14(18)19)15(8-16)11-7-9(2)5-6-12(11)17/h5-8,10,13,17H,4H2,1-3H3,(H,18,19). The van der Waals surface area contributed by atoms with Crippen molar-refractivity contribution in [2.45, 2.75) is 33.2 Å². The molecule has 5 nitrogen and oxygen atoms in total. The van der Waals surface area contributed by atoms with Crippen LogP contribution in [0.4, 0.5) is 5.69 Å². The Balaban J connectivity index is 3.27. The number of carboxylic acid groups (broad SMARTS) is 1. The first-order valence-corrected chi connectivity index (χ1v) is 6.18. The molecule has 1 aromatic carbocycles. The number of aromatic hydroxyl groups is 1. The van der Waals surface area contributed by atoms with E-state index in [0.717, 1.165) is 10.5 Å². The molecule has 1 rings (SSSR count). The summed E-state index contributed by atoms with van der Waals surface area (Å²) in [6.07, 6.45) is 1.08. The van der Waals surface area contributed by atoms with Gasteiger partial charge in [-0.3, -0.25) is 9.69 Å². The van der Waals surface area contributed by atoms with Gasteiger partial charge in [0.1, 0.15) is 11.8 Å². The first kappa shape index (κ1) is 15.0. The van der Waals surface area contributed by atoms with Crippen LogP contribution in [0.25, 0.3) is 0 Å². The second-order valence-corrected chi connectivity index (χ2v) is 4.67. The molecule has 0 fully saturated rings. The Morgan fingerprint density at radius 3 is 2.58 bits per heavy atom. The van der Waals surface area contributed by atoms with Crippen LogP contribution in [0, 0.1) is 12.8 Å². The number of carbonyl (C=O) groups excluding carboxylic acids is 1. The van der Waals surface area contributed by atoms with Gasteiger partial charge in [-0.1, -0.05) is 26.3 Å². The second-order valence-electron chi connectivity index (χ2n) is 4.67. The van der Waals surface area contributed by atoms with E-state index < -0.39 is 12.0 Å². The van der Waals surface area contributed by atoms with Crippen molar-refractivity contribution in [2.24, 2.45) is 5.92 Å². The van der Waals surface area contributed by atoms with E-state index in [1.54, 1.807) is 19.1 Å². The molecule has 0 aliphatic heterocycles. The Bertz CT molecular complexity index is 473. The Kier molecular flexibility index (Phi) is 4.92. The summed E-state index contributed by atoms with van der Waals surface area (Å²) < 4.78 is 0. The number of carbonyl (C=O) groups is 2. The molecule has 0 aliphatic rings. The zero-order valence-electron chi connectivity index (χ0n) is 11.3. The molecule has 0 aliphatic carbocycles. The van der Waals surface area contributed by atoms with Gasteiger partial charge in [-0.2, -0.15) is 0 Å². The zero-order valence-corrected chi connectivity index (χ0v) is 11.3. The molecule has 19 heavy (non-hydrogen) atoms. The van der Waals surface area contributed by atoms with Gasteiger partial charge in [-0.15, -0.1) is 0 Å². The van der Waals surface area contributed by atoms with Crippen LogP contribution in [0.2, 0.25) is 0 Å². The third-order valence-corrected chi connectivity index (χ3v) is 3.26. The molecule has 0 saturated heterocycles. The maximum atomic E-state index is 11.4. The smallest absolute Gasteiger partial charge is 0.327 e. The maximum absolute atomic E-state index is 11.4. The molecular weight excluding hydrogens is 246 g/mol. The fraction of sp³-hybridized carbons (Fsp3) is 0.429. The van der Waals surface area contributed by atoms with Crippen molar-refractivity contribution in [3.8, 4) is 5.75 Å². The van der Waals surface area contributed by atoms with Crippen molar-refractivity contribution in [1.82, 2.24) is 0 Å². The Labute approximate surface area is 112 Å². The van der Waals surface area contributed by atoms with Crippen molar-refractivity contribution >= 4 is 18.1 Å². The normalized spacial score (nSPS) is 13.6. The average Bonchev–Trinajstić information content (AvgIpc) is 2.37. The van der Waals surface area contributed by atoms with E-state index in [0.29, 0.717) is 12.8 Å². The second kappa shape index (κ2) is 6.22. The predicted octanol–water partition coefficient (Wildman–Crippen LogP) is 2.16. The molecule has 104 valence electrons. The highest BCUT2D eigenvalue weighted by atomic mass is 16.4. The molecule has 2 unspecified atom stereocenters. The van der Waals surface area contributed by atoms with E-state index in [4.69, 9.17) is 0 Å². The summed E-state index contributed by atoms with van der Waals surface area (Å²) in [7, 11) is 0. The number of aryl methyl sites for hydroxylation is 1. The van der Waals surface area contributed by atoms with Gasteiger partial charge >= 0.3 is 5.97 Å². The Hall–Kier alpha value is -2.04. The SMILES string of the molecule is CCC(C)C(C(=O)O)N(C=O)c1cc(C)ccc1O. The lowest BCUT2D eigenvalue weighted by molar-refractivity contribution is -0.140. The summed E-state index contributed by atoms with van der Waals surface area (Å²) in [5.74, 6) is -1.41. The lowest BCUT2D eigenvalue weighted by Crippen LogP contribution is -2.45. The first-order valence-electron chi connectivity index (χ1n) is 6.18. The quantitative estimate of drug-likeness (QED) is 0.773. The minimum Gasteiger partial charge on any atom is -0.506 e. The molecular formula is C14H19NO4. The van der Waals surface area contributed by atoms with Gasteiger partial charge in [0.2, 0.25) is 6.41 Å². The molecule has 0 aromatic heterocycles. The van der Waals surface area contributed by atoms with Crippen molar-refractivity contribution < 1.29 is 19.8 Å². The van der Waals surface area contributed by atoms with E-state index in [-0.39, 0.29) is 17.4 Å². The van der Waals surface area contributed by atoms with Crippen LogP contribution in [0.5, 0.6) is 5.75 Å². The highest BCUT2D eigenvalue weighted by Gasteiger charge is 2.31. The summed E-state index contributed by atoms with van der Waals surface area (Å²) in [4.78, 5) is 23.8. The maximum Gasteiger partial charge on any atom is 0.327 e. The monoisotopic (exact) mass is 265 g/mol. The third-order valence-electron chi connectivity index (χ3n) is 3.26. The number of carboxylic acids is 1. The fourth-order valence-corrected chi connectivity index (χ4v) is 1.97. The van der Waals surface area contributed by atoms with Crippen LogP contribution >= 0.6 is 0 Å². The molecule has 1 aromatic rings. The first-order chi connectivity index (χ1) is 8.92. The van der Waals surface area contributed by atoms with Gasteiger partial charge in [0.25, 0.3) is 0 Å². The molecule has 0 saturated carbocycles. The summed E-state index contributed by atoms with van der Waals surface area (Å²) in [6.45, 7) is 5.44. The number of nitrogens with zero attached hydrogens (tertiary/aromatic N) is 1. The van der Waals surface area contributed by atoms with Gasteiger partial charge in [-0.05, 0) is 30.5 Å². The van der Waals surface area contributed by atoms with Crippen molar-refractivity contribution in [3.63, 3.8) is 0 Å². The summed E-state index contributed by atoms with van der Waals surface area (Å²) in [5.41, 5.74) is 1.07. The van der Waals surface area contributed by atoms with Crippen molar-refractivity contribution in [2.75, 3.05) is 4.90 Å². The van der Waals surface area contributed by atoms with Crippen molar-refractivity contribution in [3.05, 3.63) is 23.8 Å². The average molecular weight is 265 g/mol. The number of hydrogen-bond donors (Lipinski definition) is 2. The molecule has 0 heterocycles. The topological polar surface area (TPSA) is 77.8 Å². The highest BCUT2D eigenvalue weighted by Crippen LogP contribution is 2.31. The van der Waals surface area contributed by atoms with E-state index >= 15 is 0 Å².